The van der Waals surface area contributed by atoms with Gasteiger partial charge in [0.25, 0.3) is 11.6 Å². The molecule has 2 rings (SSSR count). The smallest absolute Gasteiger partial charge is 0.288 e. The fourth-order valence-electron chi connectivity index (χ4n) is 1.67. The predicted molar refractivity (Wildman–Crippen MR) is 84.9 cm³/mol. The molecule has 0 heterocycles. The average Bonchev–Trinajstić information content (AvgIpc) is 2.43. The quantitative estimate of drug-likeness (QED) is 0.636. The van der Waals surface area contributed by atoms with E-state index < -0.39 is 10.8 Å². The molecule has 0 aliphatic carbocycles. The van der Waals surface area contributed by atoms with Crippen LogP contribution in [0.4, 0.5) is 11.4 Å². The zero-order chi connectivity index (χ0) is 15.6. The molecule has 0 aliphatic rings. The lowest BCUT2D eigenvalue weighted by molar-refractivity contribution is -0.384. The number of hydrogen-bond acceptors (Lipinski definition) is 3. The van der Waals surface area contributed by atoms with Crippen LogP contribution in [0.2, 0.25) is 5.02 Å². The minimum absolute atomic E-state index is 0.00497. The Hall–Kier alpha value is -1.92. The number of halogens is 2. The molecular weight excluding hydrogens is 360 g/mol. The van der Waals surface area contributed by atoms with Crippen LogP contribution in [0.15, 0.2) is 40.9 Å². The number of benzene rings is 2. The van der Waals surface area contributed by atoms with Gasteiger partial charge in [-0.2, -0.15) is 0 Å². The number of rotatable bonds is 3. The molecule has 0 radical (unpaired) electrons. The maximum absolute atomic E-state index is 12.1. The third-order valence-corrected chi connectivity index (χ3v) is 4.01. The van der Waals surface area contributed by atoms with E-state index in [0.29, 0.717) is 5.69 Å². The largest absolute Gasteiger partial charge is 0.322 e. The molecule has 0 unspecified atom stereocenters. The molecule has 0 bridgehead atoms. The number of aryl methyl sites for hydroxylation is 1. The second-order valence-corrected chi connectivity index (χ2v) is 5.60. The fraction of sp³-hybridized carbons (Fsp3) is 0.0714. The number of nitrogens with one attached hydrogen (secondary N) is 1. The van der Waals surface area contributed by atoms with Gasteiger partial charge in [0.2, 0.25) is 0 Å². The molecule has 5 nitrogen and oxygen atoms in total. The van der Waals surface area contributed by atoms with Gasteiger partial charge in [0.1, 0.15) is 5.02 Å². The van der Waals surface area contributed by atoms with Gasteiger partial charge in [-0.25, -0.2) is 0 Å². The van der Waals surface area contributed by atoms with Gasteiger partial charge < -0.3 is 5.32 Å². The summed E-state index contributed by atoms with van der Waals surface area (Å²) in [5, 5.41) is 13.5. The first-order valence-corrected chi connectivity index (χ1v) is 7.07. The highest BCUT2D eigenvalue weighted by atomic mass is 79.9. The van der Waals surface area contributed by atoms with Gasteiger partial charge in [0.05, 0.1) is 4.92 Å². The van der Waals surface area contributed by atoms with Crippen molar-refractivity contribution in [1.82, 2.24) is 0 Å². The van der Waals surface area contributed by atoms with E-state index in [2.05, 4.69) is 21.2 Å². The second kappa shape index (κ2) is 6.24. The lowest BCUT2D eigenvalue weighted by Gasteiger charge is -2.07. The van der Waals surface area contributed by atoms with E-state index >= 15 is 0 Å². The van der Waals surface area contributed by atoms with E-state index in [9.17, 15) is 14.9 Å². The van der Waals surface area contributed by atoms with Crippen molar-refractivity contribution in [3.8, 4) is 0 Å². The van der Waals surface area contributed by atoms with Crippen LogP contribution in [-0.2, 0) is 0 Å². The van der Waals surface area contributed by atoms with E-state index in [1.54, 1.807) is 12.1 Å². The van der Waals surface area contributed by atoms with Crippen LogP contribution in [0.5, 0.6) is 0 Å². The molecule has 21 heavy (non-hydrogen) atoms. The number of nitro groups is 1. The van der Waals surface area contributed by atoms with Crippen LogP contribution in [0.1, 0.15) is 15.9 Å². The van der Waals surface area contributed by atoms with Crippen molar-refractivity contribution < 1.29 is 9.72 Å². The molecule has 0 saturated heterocycles. The number of carbonyl (C=O) groups is 1. The monoisotopic (exact) mass is 368 g/mol. The van der Waals surface area contributed by atoms with Gasteiger partial charge in [0, 0.05) is 21.8 Å². The van der Waals surface area contributed by atoms with E-state index in [-0.39, 0.29) is 16.3 Å². The van der Waals surface area contributed by atoms with Crippen LogP contribution < -0.4 is 5.32 Å². The fourth-order valence-corrected chi connectivity index (χ4v) is 2.23. The Labute approximate surface area is 134 Å². The zero-order valence-corrected chi connectivity index (χ0v) is 13.2. The Morgan fingerprint density at radius 3 is 2.62 bits per heavy atom. The summed E-state index contributed by atoms with van der Waals surface area (Å²) in [5.41, 5.74) is 1.50. The minimum atomic E-state index is -0.623. The van der Waals surface area contributed by atoms with Crippen molar-refractivity contribution in [2.45, 2.75) is 6.92 Å². The first-order chi connectivity index (χ1) is 9.88. The first-order valence-electron chi connectivity index (χ1n) is 5.90. The lowest BCUT2D eigenvalue weighted by Crippen LogP contribution is -2.12. The maximum atomic E-state index is 12.1. The SMILES string of the molecule is Cc1ccc(NC(=O)c2ccc(Cl)c([N+](=O)[O-])c2)cc1Br. The molecule has 2 aromatic rings. The molecule has 0 spiro atoms. The summed E-state index contributed by atoms with van der Waals surface area (Å²) in [4.78, 5) is 22.3. The molecule has 0 atom stereocenters. The maximum Gasteiger partial charge on any atom is 0.288 e. The Kier molecular flexibility index (Phi) is 4.59. The number of nitrogens with zero attached hydrogens (tertiary/aromatic N) is 1. The van der Waals surface area contributed by atoms with E-state index in [1.165, 1.54) is 12.1 Å². The Balaban J connectivity index is 2.26. The van der Waals surface area contributed by atoms with E-state index in [0.717, 1.165) is 16.1 Å². The van der Waals surface area contributed by atoms with E-state index in [4.69, 9.17) is 11.6 Å². The van der Waals surface area contributed by atoms with Crippen molar-refractivity contribution in [1.29, 1.82) is 0 Å². The summed E-state index contributed by atoms with van der Waals surface area (Å²) < 4.78 is 0.863. The van der Waals surface area contributed by atoms with Crippen LogP contribution in [-0.4, -0.2) is 10.8 Å². The summed E-state index contributed by atoms with van der Waals surface area (Å²) in [6.45, 7) is 1.93. The average molecular weight is 370 g/mol. The van der Waals surface area contributed by atoms with Crippen LogP contribution in [0.25, 0.3) is 0 Å². The Bertz CT molecular complexity index is 734. The zero-order valence-electron chi connectivity index (χ0n) is 10.9. The number of carbonyl (C=O) groups excluding carboxylic acids is 1. The minimum Gasteiger partial charge on any atom is -0.322 e. The normalized spacial score (nSPS) is 10.2. The topological polar surface area (TPSA) is 72.2 Å². The van der Waals surface area contributed by atoms with Gasteiger partial charge in [-0.3, -0.25) is 14.9 Å². The number of hydrogen-bond donors (Lipinski definition) is 1. The van der Waals surface area contributed by atoms with Crippen LogP contribution in [0, 0.1) is 17.0 Å². The molecule has 1 amide bonds. The van der Waals surface area contributed by atoms with Gasteiger partial charge in [0.15, 0.2) is 0 Å². The molecule has 0 aliphatic heterocycles. The molecular formula is C14H10BrClN2O3. The summed E-state index contributed by atoms with van der Waals surface area (Å²) in [7, 11) is 0. The molecule has 108 valence electrons. The molecule has 7 heteroatoms. The number of amides is 1. The van der Waals surface area contributed by atoms with Crippen molar-refractivity contribution in [2.75, 3.05) is 5.32 Å². The highest BCUT2D eigenvalue weighted by molar-refractivity contribution is 9.10. The van der Waals surface area contributed by atoms with E-state index in [1.807, 2.05) is 13.0 Å². The lowest BCUT2D eigenvalue weighted by atomic mass is 10.1. The third-order valence-electron chi connectivity index (χ3n) is 2.83. The number of nitro benzene ring substituents is 1. The third kappa shape index (κ3) is 3.59. The van der Waals surface area contributed by atoms with Gasteiger partial charge in [-0.1, -0.05) is 33.6 Å². The van der Waals surface area contributed by atoms with Crippen molar-refractivity contribution >= 4 is 44.8 Å². The molecule has 0 aromatic heterocycles. The Morgan fingerprint density at radius 1 is 1.29 bits per heavy atom. The summed E-state index contributed by atoms with van der Waals surface area (Å²) in [6, 6.07) is 9.29. The van der Waals surface area contributed by atoms with Crippen molar-refractivity contribution in [2.24, 2.45) is 0 Å². The molecule has 1 N–H and O–H groups in total. The second-order valence-electron chi connectivity index (χ2n) is 4.34. The molecule has 0 fully saturated rings. The van der Waals surface area contributed by atoms with Gasteiger partial charge >= 0.3 is 0 Å². The van der Waals surface area contributed by atoms with Gasteiger partial charge in [-0.05, 0) is 36.8 Å². The highest BCUT2D eigenvalue weighted by Crippen LogP contribution is 2.26. The Morgan fingerprint density at radius 2 is 2.00 bits per heavy atom. The molecule has 0 saturated carbocycles. The van der Waals surface area contributed by atoms with Crippen LogP contribution >= 0.6 is 27.5 Å². The van der Waals surface area contributed by atoms with Crippen molar-refractivity contribution in [3.05, 3.63) is 67.1 Å². The summed E-state index contributed by atoms with van der Waals surface area (Å²) in [6.07, 6.45) is 0. The highest BCUT2D eigenvalue weighted by Gasteiger charge is 2.16. The summed E-state index contributed by atoms with van der Waals surface area (Å²) in [5.74, 6) is -0.439. The standard InChI is InChI=1S/C14H10BrClN2O3/c1-8-2-4-10(7-11(8)15)17-14(19)9-3-5-12(16)13(6-9)18(20)21/h2-7H,1H3,(H,17,19). The number of anilines is 1. The first kappa shape index (κ1) is 15.5. The van der Waals surface area contributed by atoms with Crippen LogP contribution in [0.3, 0.4) is 0 Å². The molecule has 2 aromatic carbocycles. The van der Waals surface area contributed by atoms with Gasteiger partial charge in [-0.15, -0.1) is 0 Å². The predicted octanol–water partition coefficient (Wildman–Crippen LogP) is 4.57. The van der Waals surface area contributed by atoms with Crippen molar-refractivity contribution in [3.63, 3.8) is 0 Å². The summed E-state index contributed by atoms with van der Waals surface area (Å²) >= 11 is 9.09.